The Balaban J connectivity index is 2.05. The van der Waals surface area contributed by atoms with Crippen molar-refractivity contribution in [3.8, 4) is 6.07 Å². The Bertz CT molecular complexity index is 487. The summed E-state index contributed by atoms with van der Waals surface area (Å²) in [7, 11) is 0. The van der Waals surface area contributed by atoms with Crippen LogP contribution in [-0.2, 0) is 6.54 Å². The predicted octanol–water partition coefficient (Wildman–Crippen LogP) is 2.66. The quantitative estimate of drug-likeness (QED) is 0.898. The second-order valence-corrected chi connectivity index (χ2v) is 5.73. The van der Waals surface area contributed by atoms with E-state index in [-0.39, 0.29) is 5.82 Å². The fraction of sp³-hybridized carbons (Fsp3) is 0.562. The smallest absolute Gasteiger partial charge is 0.129 e. The molecule has 1 aliphatic heterocycles. The van der Waals surface area contributed by atoms with Gasteiger partial charge in [-0.25, -0.2) is 4.39 Å². The molecule has 0 aromatic heterocycles. The topological polar surface area (TPSA) is 39.1 Å². The minimum atomic E-state index is -0.283. The van der Waals surface area contributed by atoms with Crippen molar-refractivity contribution < 1.29 is 4.39 Å². The van der Waals surface area contributed by atoms with Crippen LogP contribution in [0.1, 0.15) is 37.8 Å². The number of hydrogen-bond acceptors (Lipinski definition) is 3. The molecule has 1 heterocycles. The van der Waals surface area contributed by atoms with Crippen LogP contribution >= 0.6 is 0 Å². The third kappa shape index (κ3) is 3.78. The summed E-state index contributed by atoms with van der Waals surface area (Å²) in [6.07, 6.45) is 2.42. The Kier molecular flexibility index (Phi) is 5.11. The van der Waals surface area contributed by atoms with Gasteiger partial charge < -0.3 is 5.32 Å². The SMILES string of the molecule is CC(C)N(Cc1ccc(C#N)cc1F)CC1CCCN1. The second-order valence-electron chi connectivity index (χ2n) is 5.73. The molecule has 0 aliphatic carbocycles. The van der Waals surface area contributed by atoms with Gasteiger partial charge in [-0.2, -0.15) is 5.26 Å². The monoisotopic (exact) mass is 275 g/mol. The molecule has 0 radical (unpaired) electrons. The Labute approximate surface area is 120 Å². The molecule has 0 spiro atoms. The van der Waals surface area contributed by atoms with Crippen LogP contribution in [0, 0.1) is 17.1 Å². The first-order chi connectivity index (χ1) is 9.60. The molecule has 108 valence electrons. The Morgan fingerprint density at radius 2 is 2.30 bits per heavy atom. The summed E-state index contributed by atoms with van der Waals surface area (Å²) in [5.74, 6) is -0.283. The van der Waals surface area contributed by atoms with E-state index >= 15 is 0 Å². The van der Waals surface area contributed by atoms with Gasteiger partial charge in [0, 0.05) is 30.7 Å². The van der Waals surface area contributed by atoms with E-state index in [1.54, 1.807) is 12.1 Å². The molecule has 3 nitrogen and oxygen atoms in total. The van der Waals surface area contributed by atoms with E-state index in [0.717, 1.165) is 13.1 Å². The summed E-state index contributed by atoms with van der Waals surface area (Å²) in [5, 5.41) is 12.3. The number of benzene rings is 1. The van der Waals surface area contributed by atoms with Crippen LogP contribution in [0.15, 0.2) is 18.2 Å². The number of rotatable bonds is 5. The minimum Gasteiger partial charge on any atom is -0.313 e. The molecule has 4 heteroatoms. The van der Waals surface area contributed by atoms with E-state index in [2.05, 4.69) is 24.1 Å². The maximum Gasteiger partial charge on any atom is 0.129 e. The average molecular weight is 275 g/mol. The first kappa shape index (κ1) is 15.0. The zero-order valence-electron chi connectivity index (χ0n) is 12.2. The van der Waals surface area contributed by atoms with E-state index < -0.39 is 0 Å². The van der Waals surface area contributed by atoms with Crippen LogP contribution in [0.5, 0.6) is 0 Å². The van der Waals surface area contributed by atoms with Crippen molar-refractivity contribution in [3.63, 3.8) is 0 Å². The first-order valence-corrected chi connectivity index (χ1v) is 7.26. The lowest BCUT2D eigenvalue weighted by atomic mass is 10.1. The molecule has 20 heavy (non-hydrogen) atoms. The van der Waals surface area contributed by atoms with Crippen LogP contribution in [0.3, 0.4) is 0 Å². The number of halogens is 1. The second kappa shape index (κ2) is 6.83. The normalized spacial score (nSPS) is 18.7. The highest BCUT2D eigenvalue weighted by Crippen LogP contribution is 2.16. The van der Waals surface area contributed by atoms with Gasteiger partial charge in [-0.1, -0.05) is 6.07 Å². The third-order valence-corrected chi connectivity index (χ3v) is 3.90. The molecule has 1 N–H and O–H groups in total. The molecule has 1 aromatic carbocycles. The van der Waals surface area contributed by atoms with Gasteiger partial charge in [-0.05, 0) is 45.4 Å². The van der Waals surface area contributed by atoms with Crippen molar-refractivity contribution in [2.45, 2.75) is 45.3 Å². The van der Waals surface area contributed by atoms with Gasteiger partial charge in [-0.15, -0.1) is 0 Å². The average Bonchev–Trinajstić information content (AvgIpc) is 2.92. The van der Waals surface area contributed by atoms with Crippen molar-refractivity contribution in [3.05, 3.63) is 35.1 Å². The summed E-state index contributed by atoms with van der Waals surface area (Å²) in [6.45, 7) is 6.89. The van der Waals surface area contributed by atoms with Crippen LogP contribution in [0.25, 0.3) is 0 Å². The molecule has 1 saturated heterocycles. The molecular formula is C16H22FN3. The van der Waals surface area contributed by atoms with Crippen LogP contribution in [0.2, 0.25) is 0 Å². The predicted molar refractivity (Wildman–Crippen MR) is 77.7 cm³/mol. The van der Waals surface area contributed by atoms with Crippen molar-refractivity contribution in [1.82, 2.24) is 10.2 Å². The molecule has 1 fully saturated rings. The van der Waals surface area contributed by atoms with Gasteiger partial charge in [0.2, 0.25) is 0 Å². The molecule has 1 unspecified atom stereocenters. The van der Waals surface area contributed by atoms with Crippen LogP contribution in [0.4, 0.5) is 4.39 Å². The molecule has 0 bridgehead atoms. The highest BCUT2D eigenvalue weighted by atomic mass is 19.1. The summed E-state index contributed by atoms with van der Waals surface area (Å²) < 4.78 is 14.0. The van der Waals surface area contributed by atoms with E-state index in [0.29, 0.717) is 29.8 Å². The lowest BCUT2D eigenvalue weighted by molar-refractivity contribution is 0.191. The lowest BCUT2D eigenvalue weighted by Crippen LogP contribution is -2.40. The van der Waals surface area contributed by atoms with Crippen LogP contribution in [-0.4, -0.2) is 30.1 Å². The lowest BCUT2D eigenvalue weighted by Gasteiger charge is -2.29. The van der Waals surface area contributed by atoms with Gasteiger partial charge >= 0.3 is 0 Å². The number of nitrogens with zero attached hydrogens (tertiary/aromatic N) is 2. The third-order valence-electron chi connectivity index (χ3n) is 3.90. The number of hydrogen-bond donors (Lipinski definition) is 1. The van der Waals surface area contributed by atoms with Gasteiger partial charge in [-0.3, -0.25) is 4.90 Å². The van der Waals surface area contributed by atoms with Gasteiger partial charge in [0.05, 0.1) is 11.6 Å². The first-order valence-electron chi connectivity index (χ1n) is 7.26. The summed E-state index contributed by atoms with van der Waals surface area (Å²) >= 11 is 0. The van der Waals surface area contributed by atoms with Gasteiger partial charge in [0.25, 0.3) is 0 Å². The fourth-order valence-corrected chi connectivity index (χ4v) is 2.62. The molecular weight excluding hydrogens is 253 g/mol. The minimum absolute atomic E-state index is 0.283. The largest absolute Gasteiger partial charge is 0.313 e. The van der Waals surface area contributed by atoms with Gasteiger partial charge in [0.1, 0.15) is 5.82 Å². The Morgan fingerprint density at radius 1 is 1.50 bits per heavy atom. The van der Waals surface area contributed by atoms with E-state index in [9.17, 15) is 4.39 Å². The van der Waals surface area contributed by atoms with Crippen LogP contribution < -0.4 is 5.32 Å². The fourth-order valence-electron chi connectivity index (χ4n) is 2.62. The van der Waals surface area contributed by atoms with Crippen molar-refractivity contribution in [2.24, 2.45) is 0 Å². The van der Waals surface area contributed by atoms with E-state index in [1.807, 2.05) is 6.07 Å². The number of nitriles is 1. The maximum atomic E-state index is 14.0. The van der Waals surface area contributed by atoms with E-state index in [4.69, 9.17) is 5.26 Å². The highest BCUT2D eigenvalue weighted by molar-refractivity contribution is 5.32. The molecule has 1 atom stereocenters. The zero-order valence-corrected chi connectivity index (χ0v) is 12.2. The molecule has 1 aliphatic rings. The summed E-state index contributed by atoms with van der Waals surface area (Å²) in [4.78, 5) is 2.29. The van der Waals surface area contributed by atoms with Crippen molar-refractivity contribution in [1.29, 1.82) is 5.26 Å². The zero-order chi connectivity index (χ0) is 14.5. The Morgan fingerprint density at radius 3 is 2.85 bits per heavy atom. The van der Waals surface area contributed by atoms with Gasteiger partial charge in [0.15, 0.2) is 0 Å². The molecule has 1 aromatic rings. The molecule has 0 saturated carbocycles. The molecule has 2 rings (SSSR count). The summed E-state index contributed by atoms with van der Waals surface area (Å²) in [5.41, 5.74) is 1.04. The number of nitrogens with one attached hydrogen (secondary N) is 1. The standard InChI is InChI=1S/C16H22FN3/c1-12(2)20(11-15-4-3-7-19-15)10-14-6-5-13(9-18)8-16(14)17/h5-6,8,12,15,19H,3-4,7,10-11H2,1-2H3. The highest BCUT2D eigenvalue weighted by Gasteiger charge is 2.20. The van der Waals surface area contributed by atoms with E-state index in [1.165, 1.54) is 18.9 Å². The maximum absolute atomic E-state index is 14.0. The Hall–Kier alpha value is -1.44. The summed E-state index contributed by atoms with van der Waals surface area (Å²) in [6, 6.07) is 7.58. The van der Waals surface area contributed by atoms with Crippen molar-refractivity contribution in [2.75, 3.05) is 13.1 Å². The van der Waals surface area contributed by atoms with Crippen molar-refractivity contribution >= 4 is 0 Å². The molecule has 0 amide bonds.